The number of alkyl halides is 3. The fourth-order valence-corrected chi connectivity index (χ4v) is 3.23. The number of rotatable bonds is 5. The number of amides is 1. The SMILES string of the molecule is O=C(Nc1ccc(OC(F)(F)F)cc1)c1cnc(N2CCOC2)c(-c2cccc(F)c2)c1. The van der Waals surface area contributed by atoms with E-state index in [1.165, 1.54) is 30.5 Å². The molecule has 166 valence electrons. The van der Waals surface area contributed by atoms with Gasteiger partial charge in [0, 0.05) is 24.0 Å². The Hall–Kier alpha value is -3.66. The zero-order valence-electron chi connectivity index (χ0n) is 16.5. The highest BCUT2D eigenvalue weighted by Gasteiger charge is 2.31. The Morgan fingerprint density at radius 2 is 1.91 bits per heavy atom. The van der Waals surface area contributed by atoms with Gasteiger partial charge in [0.1, 0.15) is 24.1 Å². The monoisotopic (exact) mass is 447 g/mol. The summed E-state index contributed by atoms with van der Waals surface area (Å²) in [5.41, 5.74) is 1.57. The van der Waals surface area contributed by atoms with Gasteiger partial charge < -0.3 is 19.7 Å². The van der Waals surface area contributed by atoms with E-state index in [4.69, 9.17) is 4.74 Å². The molecule has 2 heterocycles. The predicted molar refractivity (Wildman–Crippen MR) is 109 cm³/mol. The molecule has 0 radical (unpaired) electrons. The van der Waals surface area contributed by atoms with Crippen LogP contribution in [0.4, 0.5) is 29.1 Å². The number of nitrogens with one attached hydrogen (secondary N) is 1. The van der Waals surface area contributed by atoms with Crippen molar-refractivity contribution in [2.24, 2.45) is 0 Å². The van der Waals surface area contributed by atoms with Crippen LogP contribution in [0.5, 0.6) is 5.75 Å². The summed E-state index contributed by atoms with van der Waals surface area (Å²) in [6, 6.07) is 12.3. The van der Waals surface area contributed by atoms with Crippen molar-refractivity contribution >= 4 is 17.4 Å². The molecule has 0 spiro atoms. The molecule has 1 N–H and O–H groups in total. The maximum Gasteiger partial charge on any atom is 0.573 e. The highest BCUT2D eigenvalue weighted by molar-refractivity contribution is 6.05. The van der Waals surface area contributed by atoms with E-state index in [-0.39, 0.29) is 11.3 Å². The number of ether oxygens (including phenoxy) is 2. The minimum Gasteiger partial charge on any atom is -0.406 e. The smallest absolute Gasteiger partial charge is 0.406 e. The summed E-state index contributed by atoms with van der Waals surface area (Å²) < 4.78 is 59.9. The maximum absolute atomic E-state index is 13.8. The summed E-state index contributed by atoms with van der Waals surface area (Å²) in [6.45, 7) is 1.46. The second-order valence-corrected chi connectivity index (χ2v) is 6.93. The van der Waals surface area contributed by atoms with E-state index in [2.05, 4.69) is 15.0 Å². The fraction of sp³-hybridized carbons (Fsp3) is 0.182. The van der Waals surface area contributed by atoms with E-state index in [0.29, 0.717) is 36.8 Å². The third-order valence-corrected chi connectivity index (χ3v) is 4.66. The molecule has 1 aliphatic heterocycles. The van der Waals surface area contributed by atoms with Crippen molar-refractivity contribution in [1.82, 2.24) is 4.98 Å². The molecule has 1 fully saturated rings. The first kappa shape index (κ1) is 21.6. The lowest BCUT2D eigenvalue weighted by molar-refractivity contribution is -0.274. The normalized spacial score (nSPS) is 13.8. The molecule has 1 amide bonds. The number of hydrogen-bond donors (Lipinski definition) is 1. The van der Waals surface area contributed by atoms with E-state index in [9.17, 15) is 22.4 Å². The Kier molecular flexibility index (Phi) is 5.95. The van der Waals surface area contributed by atoms with Crippen molar-refractivity contribution in [3.8, 4) is 16.9 Å². The van der Waals surface area contributed by atoms with E-state index >= 15 is 0 Å². The Morgan fingerprint density at radius 1 is 1.12 bits per heavy atom. The summed E-state index contributed by atoms with van der Waals surface area (Å²) in [5.74, 6) is -0.799. The number of anilines is 2. The predicted octanol–water partition coefficient (Wildman–Crippen LogP) is 4.83. The summed E-state index contributed by atoms with van der Waals surface area (Å²) >= 11 is 0. The topological polar surface area (TPSA) is 63.7 Å². The van der Waals surface area contributed by atoms with Crippen LogP contribution < -0.4 is 15.0 Å². The maximum atomic E-state index is 13.8. The second kappa shape index (κ2) is 8.83. The van der Waals surface area contributed by atoms with Crippen molar-refractivity contribution in [3.05, 3.63) is 72.2 Å². The lowest BCUT2D eigenvalue weighted by atomic mass is 10.0. The van der Waals surface area contributed by atoms with Crippen LogP contribution >= 0.6 is 0 Å². The van der Waals surface area contributed by atoms with E-state index in [0.717, 1.165) is 12.1 Å². The van der Waals surface area contributed by atoms with Crippen molar-refractivity contribution < 1.29 is 31.8 Å². The molecule has 6 nitrogen and oxygen atoms in total. The van der Waals surface area contributed by atoms with Crippen LogP contribution in [0.1, 0.15) is 10.4 Å². The highest BCUT2D eigenvalue weighted by Crippen LogP contribution is 2.32. The average Bonchev–Trinajstić information content (AvgIpc) is 3.28. The Balaban J connectivity index is 1.59. The molecule has 1 aliphatic rings. The molecule has 0 aliphatic carbocycles. The lowest BCUT2D eigenvalue weighted by Gasteiger charge is -2.19. The summed E-state index contributed by atoms with van der Waals surface area (Å²) in [5, 5.41) is 2.60. The minimum absolute atomic E-state index is 0.198. The van der Waals surface area contributed by atoms with Crippen LogP contribution in [0.2, 0.25) is 0 Å². The summed E-state index contributed by atoms with van der Waals surface area (Å²) in [4.78, 5) is 19.0. The molecule has 0 atom stereocenters. The number of carbonyl (C=O) groups excluding carboxylic acids is 1. The first-order valence-corrected chi connectivity index (χ1v) is 9.54. The molecular formula is C22H17F4N3O3. The molecule has 1 aromatic heterocycles. The Morgan fingerprint density at radius 3 is 2.56 bits per heavy atom. The summed E-state index contributed by atoms with van der Waals surface area (Å²) in [7, 11) is 0. The quantitative estimate of drug-likeness (QED) is 0.568. The van der Waals surface area contributed by atoms with Gasteiger partial charge in [-0.05, 0) is 48.0 Å². The van der Waals surface area contributed by atoms with Gasteiger partial charge in [-0.15, -0.1) is 13.2 Å². The second-order valence-electron chi connectivity index (χ2n) is 6.93. The van der Waals surface area contributed by atoms with Crippen LogP contribution in [0, 0.1) is 5.82 Å². The number of pyridine rings is 1. The zero-order valence-corrected chi connectivity index (χ0v) is 16.5. The van der Waals surface area contributed by atoms with Gasteiger partial charge in [-0.2, -0.15) is 0 Å². The van der Waals surface area contributed by atoms with Gasteiger partial charge in [0.05, 0.1) is 12.2 Å². The number of aromatic nitrogens is 1. The van der Waals surface area contributed by atoms with Crippen molar-refractivity contribution in [3.63, 3.8) is 0 Å². The standard InChI is InChI=1S/C22H17F4N3O3/c23-16-3-1-2-14(10-16)19-11-15(12-27-20(19)29-8-9-31-13-29)21(30)28-17-4-6-18(7-5-17)32-22(24,25)26/h1-7,10-12H,8-9,13H2,(H,28,30). The van der Waals surface area contributed by atoms with Crippen molar-refractivity contribution in [1.29, 1.82) is 0 Å². The van der Waals surface area contributed by atoms with Crippen LogP contribution in [0.15, 0.2) is 60.8 Å². The zero-order chi connectivity index (χ0) is 22.7. The summed E-state index contributed by atoms with van der Waals surface area (Å²) in [6.07, 6.45) is -3.42. The number of halogens is 4. The molecule has 0 bridgehead atoms. The van der Waals surface area contributed by atoms with Gasteiger partial charge in [0.25, 0.3) is 5.91 Å². The third kappa shape index (κ3) is 5.14. The van der Waals surface area contributed by atoms with Crippen LogP contribution in [-0.2, 0) is 4.74 Å². The minimum atomic E-state index is -4.80. The molecule has 10 heteroatoms. The average molecular weight is 447 g/mol. The van der Waals surface area contributed by atoms with Gasteiger partial charge >= 0.3 is 6.36 Å². The number of carbonyl (C=O) groups is 1. The lowest BCUT2D eigenvalue weighted by Crippen LogP contribution is -2.21. The van der Waals surface area contributed by atoms with Gasteiger partial charge in [0.15, 0.2) is 0 Å². The molecule has 0 saturated carbocycles. The largest absolute Gasteiger partial charge is 0.573 e. The Bertz CT molecular complexity index is 1110. The number of hydrogen-bond acceptors (Lipinski definition) is 5. The molecule has 0 unspecified atom stereocenters. The molecule has 4 rings (SSSR count). The van der Waals surface area contributed by atoms with E-state index < -0.39 is 23.8 Å². The number of nitrogens with zero attached hydrogens (tertiary/aromatic N) is 2. The van der Waals surface area contributed by atoms with Crippen molar-refractivity contribution in [2.75, 3.05) is 30.1 Å². The molecule has 1 saturated heterocycles. The Labute approximate surface area is 180 Å². The highest BCUT2D eigenvalue weighted by atomic mass is 19.4. The van der Waals surface area contributed by atoms with Gasteiger partial charge in [0.2, 0.25) is 0 Å². The van der Waals surface area contributed by atoms with E-state index in [1.807, 2.05) is 4.90 Å². The number of benzene rings is 2. The molecule has 3 aromatic rings. The first-order chi connectivity index (χ1) is 15.3. The van der Waals surface area contributed by atoms with Crippen LogP contribution in [0.3, 0.4) is 0 Å². The van der Waals surface area contributed by atoms with Gasteiger partial charge in [-0.3, -0.25) is 4.79 Å². The van der Waals surface area contributed by atoms with Crippen LogP contribution in [-0.4, -0.2) is 37.1 Å². The van der Waals surface area contributed by atoms with E-state index in [1.54, 1.807) is 18.2 Å². The van der Waals surface area contributed by atoms with Crippen LogP contribution in [0.25, 0.3) is 11.1 Å². The molecule has 2 aromatic carbocycles. The molecular weight excluding hydrogens is 430 g/mol. The fourth-order valence-electron chi connectivity index (χ4n) is 3.23. The molecule has 32 heavy (non-hydrogen) atoms. The van der Waals surface area contributed by atoms with Crippen molar-refractivity contribution in [2.45, 2.75) is 6.36 Å². The van der Waals surface area contributed by atoms with Gasteiger partial charge in [-0.25, -0.2) is 9.37 Å². The third-order valence-electron chi connectivity index (χ3n) is 4.66. The first-order valence-electron chi connectivity index (χ1n) is 9.54. The van der Waals surface area contributed by atoms with Gasteiger partial charge in [-0.1, -0.05) is 12.1 Å².